The summed E-state index contributed by atoms with van der Waals surface area (Å²) in [5, 5.41) is 2.86. The van der Waals surface area contributed by atoms with Crippen molar-refractivity contribution < 1.29 is 9.53 Å². The van der Waals surface area contributed by atoms with Crippen LogP contribution in [-0.2, 0) is 4.79 Å². The molecule has 4 nitrogen and oxygen atoms in total. The number of rotatable bonds is 10. The minimum atomic E-state index is 0. The van der Waals surface area contributed by atoms with Gasteiger partial charge in [-0.25, -0.2) is 0 Å². The average molecular weight is 380 g/mol. The van der Waals surface area contributed by atoms with Crippen LogP contribution in [0.5, 0.6) is 5.75 Å². The van der Waals surface area contributed by atoms with Crippen LogP contribution in [0.25, 0.3) is 0 Å². The normalized spacial score (nSPS) is 9.81. The van der Waals surface area contributed by atoms with Crippen molar-refractivity contribution in [3.8, 4) is 5.75 Å². The molecule has 0 unspecified atom stereocenters. The number of halogens is 2. The van der Waals surface area contributed by atoms with Gasteiger partial charge in [-0.1, -0.05) is 28.8 Å². The standard InChI is InChI=1S/C15H23BrN2O2.ClH/c16-13-6-8-14(9-7-13)20-12-11-18-15(19)5-3-1-2-4-10-17;/h6-9H,1-5,10-12,17H2,(H,18,19);1H. The second-order valence-electron chi connectivity index (χ2n) is 4.61. The van der Waals surface area contributed by atoms with Gasteiger partial charge < -0.3 is 15.8 Å². The molecule has 0 atom stereocenters. The zero-order chi connectivity index (χ0) is 14.6. The highest BCUT2D eigenvalue weighted by Crippen LogP contribution is 2.15. The Hall–Kier alpha value is -0.780. The van der Waals surface area contributed by atoms with E-state index in [9.17, 15) is 4.79 Å². The number of hydrogen-bond acceptors (Lipinski definition) is 3. The number of hydrogen-bond donors (Lipinski definition) is 2. The van der Waals surface area contributed by atoms with Gasteiger partial charge in [0.2, 0.25) is 5.91 Å². The Labute approximate surface area is 141 Å². The lowest BCUT2D eigenvalue weighted by molar-refractivity contribution is -0.121. The van der Waals surface area contributed by atoms with Crippen molar-refractivity contribution in [1.29, 1.82) is 0 Å². The number of carbonyl (C=O) groups is 1. The predicted octanol–water partition coefficient (Wildman–Crippen LogP) is 3.28. The van der Waals surface area contributed by atoms with Crippen LogP contribution in [-0.4, -0.2) is 25.6 Å². The van der Waals surface area contributed by atoms with E-state index in [0.29, 0.717) is 19.6 Å². The first-order chi connectivity index (χ1) is 9.72. The highest BCUT2D eigenvalue weighted by molar-refractivity contribution is 9.10. The summed E-state index contributed by atoms with van der Waals surface area (Å²) in [6, 6.07) is 7.64. The predicted molar refractivity (Wildman–Crippen MR) is 92.0 cm³/mol. The molecule has 0 spiro atoms. The maximum absolute atomic E-state index is 11.5. The van der Waals surface area contributed by atoms with E-state index in [2.05, 4.69) is 21.2 Å². The molecule has 0 saturated heterocycles. The van der Waals surface area contributed by atoms with Crippen molar-refractivity contribution in [2.45, 2.75) is 32.1 Å². The molecule has 120 valence electrons. The number of unbranched alkanes of at least 4 members (excludes halogenated alkanes) is 3. The van der Waals surface area contributed by atoms with E-state index in [1.54, 1.807) is 0 Å². The first-order valence-corrected chi connectivity index (χ1v) is 7.87. The SMILES string of the molecule is Cl.NCCCCCCC(=O)NCCOc1ccc(Br)cc1. The van der Waals surface area contributed by atoms with Crippen molar-refractivity contribution in [3.05, 3.63) is 28.7 Å². The van der Waals surface area contributed by atoms with Crippen molar-refractivity contribution >= 4 is 34.2 Å². The molecule has 3 N–H and O–H groups in total. The first kappa shape index (κ1) is 20.2. The van der Waals surface area contributed by atoms with Gasteiger partial charge in [0.1, 0.15) is 12.4 Å². The Morgan fingerprint density at radius 2 is 1.81 bits per heavy atom. The van der Waals surface area contributed by atoms with Crippen LogP contribution in [0.2, 0.25) is 0 Å². The lowest BCUT2D eigenvalue weighted by Gasteiger charge is -2.08. The van der Waals surface area contributed by atoms with Crippen LogP contribution in [0.15, 0.2) is 28.7 Å². The van der Waals surface area contributed by atoms with Gasteiger partial charge in [0.05, 0.1) is 6.54 Å². The molecule has 0 fully saturated rings. The molecule has 0 radical (unpaired) electrons. The van der Waals surface area contributed by atoms with E-state index >= 15 is 0 Å². The number of nitrogens with two attached hydrogens (primary N) is 1. The number of amides is 1. The lowest BCUT2D eigenvalue weighted by atomic mass is 10.1. The van der Waals surface area contributed by atoms with Gasteiger partial charge in [-0.05, 0) is 43.7 Å². The molecule has 1 aromatic rings. The molecular formula is C15H24BrClN2O2. The number of carbonyl (C=O) groups excluding carboxylic acids is 1. The van der Waals surface area contributed by atoms with Crippen LogP contribution in [0.4, 0.5) is 0 Å². The summed E-state index contributed by atoms with van der Waals surface area (Å²) in [6.45, 7) is 1.76. The highest BCUT2D eigenvalue weighted by Gasteiger charge is 2.00. The summed E-state index contributed by atoms with van der Waals surface area (Å²) in [5.41, 5.74) is 5.41. The van der Waals surface area contributed by atoms with Gasteiger partial charge in [-0.2, -0.15) is 0 Å². The molecular weight excluding hydrogens is 356 g/mol. The fourth-order valence-electron chi connectivity index (χ4n) is 1.76. The monoisotopic (exact) mass is 378 g/mol. The number of nitrogens with one attached hydrogen (secondary N) is 1. The maximum Gasteiger partial charge on any atom is 0.220 e. The van der Waals surface area contributed by atoms with Crippen LogP contribution in [0.1, 0.15) is 32.1 Å². The summed E-state index contributed by atoms with van der Waals surface area (Å²) >= 11 is 3.37. The van der Waals surface area contributed by atoms with Gasteiger partial charge in [-0.3, -0.25) is 4.79 Å². The molecule has 1 aromatic carbocycles. The Balaban J connectivity index is 0.00000400. The van der Waals surface area contributed by atoms with E-state index < -0.39 is 0 Å². The van der Waals surface area contributed by atoms with Crippen LogP contribution >= 0.6 is 28.3 Å². The molecule has 0 aromatic heterocycles. The van der Waals surface area contributed by atoms with Crippen molar-refractivity contribution in [2.24, 2.45) is 5.73 Å². The fourth-order valence-corrected chi connectivity index (χ4v) is 2.03. The Kier molecular flexibility index (Phi) is 12.4. The number of benzene rings is 1. The van der Waals surface area contributed by atoms with Gasteiger partial charge in [0, 0.05) is 10.9 Å². The molecule has 0 aliphatic heterocycles. The van der Waals surface area contributed by atoms with Gasteiger partial charge >= 0.3 is 0 Å². The minimum absolute atomic E-state index is 0. The summed E-state index contributed by atoms with van der Waals surface area (Å²) in [6.07, 6.45) is 4.74. The smallest absolute Gasteiger partial charge is 0.220 e. The molecule has 0 bridgehead atoms. The molecule has 21 heavy (non-hydrogen) atoms. The van der Waals surface area contributed by atoms with Crippen molar-refractivity contribution in [1.82, 2.24) is 5.32 Å². The molecule has 0 aliphatic rings. The fraction of sp³-hybridized carbons (Fsp3) is 0.533. The quantitative estimate of drug-likeness (QED) is 0.613. The van der Waals surface area contributed by atoms with E-state index in [0.717, 1.165) is 42.5 Å². The van der Waals surface area contributed by atoms with Crippen molar-refractivity contribution in [3.63, 3.8) is 0 Å². The third-order valence-electron chi connectivity index (χ3n) is 2.86. The summed E-state index contributed by atoms with van der Waals surface area (Å²) < 4.78 is 6.54. The maximum atomic E-state index is 11.5. The second kappa shape index (κ2) is 12.9. The third kappa shape index (κ3) is 10.6. The molecule has 0 saturated carbocycles. The van der Waals surface area contributed by atoms with E-state index in [1.807, 2.05) is 24.3 Å². The van der Waals surface area contributed by atoms with Crippen LogP contribution in [0, 0.1) is 0 Å². The van der Waals surface area contributed by atoms with E-state index in [1.165, 1.54) is 0 Å². The third-order valence-corrected chi connectivity index (χ3v) is 3.39. The van der Waals surface area contributed by atoms with Crippen molar-refractivity contribution in [2.75, 3.05) is 19.7 Å². The summed E-state index contributed by atoms with van der Waals surface area (Å²) in [5.74, 6) is 0.904. The minimum Gasteiger partial charge on any atom is -0.492 e. The topological polar surface area (TPSA) is 64.4 Å². The molecule has 0 aliphatic carbocycles. The van der Waals surface area contributed by atoms with E-state index in [-0.39, 0.29) is 18.3 Å². The second-order valence-corrected chi connectivity index (χ2v) is 5.52. The average Bonchev–Trinajstić information content (AvgIpc) is 2.45. The molecule has 0 heterocycles. The Morgan fingerprint density at radius 1 is 1.14 bits per heavy atom. The van der Waals surface area contributed by atoms with Crippen LogP contribution in [0.3, 0.4) is 0 Å². The van der Waals surface area contributed by atoms with Gasteiger partial charge in [-0.15, -0.1) is 12.4 Å². The zero-order valence-corrected chi connectivity index (χ0v) is 14.5. The summed E-state index contributed by atoms with van der Waals surface area (Å²) in [7, 11) is 0. The first-order valence-electron chi connectivity index (χ1n) is 7.07. The molecule has 1 rings (SSSR count). The van der Waals surface area contributed by atoms with E-state index in [4.69, 9.17) is 10.5 Å². The largest absolute Gasteiger partial charge is 0.492 e. The Morgan fingerprint density at radius 3 is 2.48 bits per heavy atom. The Bertz CT molecular complexity index is 388. The zero-order valence-electron chi connectivity index (χ0n) is 12.1. The molecule has 1 amide bonds. The lowest BCUT2D eigenvalue weighted by Crippen LogP contribution is -2.27. The number of ether oxygens (including phenoxy) is 1. The molecule has 6 heteroatoms. The van der Waals surface area contributed by atoms with Crippen LogP contribution < -0.4 is 15.8 Å². The highest BCUT2D eigenvalue weighted by atomic mass is 79.9. The van der Waals surface area contributed by atoms with Gasteiger partial charge in [0.15, 0.2) is 0 Å². The summed E-state index contributed by atoms with van der Waals surface area (Å²) in [4.78, 5) is 11.5. The van der Waals surface area contributed by atoms with Gasteiger partial charge in [0.25, 0.3) is 0 Å².